The van der Waals surface area contributed by atoms with Crippen LogP contribution in [-0.2, 0) is 17.5 Å². The lowest BCUT2D eigenvalue weighted by Crippen LogP contribution is -2.27. The minimum atomic E-state index is -4.70. The minimum absolute atomic E-state index is 0.0688. The summed E-state index contributed by atoms with van der Waals surface area (Å²) in [5, 5.41) is 22.4. The van der Waals surface area contributed by atoms with Crippen LogP contribution in [0.2, 0.25) is 10.0 Å². The summed E-state index contributed by atoms with van der Waals surface area (Å²) in [6, 6.07) is 9.17. The molecule has 4 aromatic rings. The number of nitrogens with one attached hydrogen (secondary N) is 2. The molecule has 2 heterocycles. The van der Waals surface area contributed by atoms with E-state index in [1.165, 1.54) is 45.9 Å². The number of alkyl halides is 3. The monoisotopic (exact) mass is 647 g/mol. The van der Waals surface area contributed by atoms with Gasteiger partial charge in [0.1, 0.15) is 0 Å². The molecule has 210 valence electrons. The van der Waals surface area contributed by atoms with E-state index in [0.717, 1.165) is 34.0 Å². The summed E-state index contributed by atoms with van der Waals surface area (Å²) in [7, 11) is 0. The van der Waals surface area contributed by atoms with Crippen LogP contribution in [0.1, 0.15) is 28.7 Å². The fraction of sp³-hybridized carbons (Fsp3) is 0.217. The molecular weight excluding hydrogens is 630 g/mol. The number of carbonyl (C=O) groups excluding carboxylic acids is 2. The van der Waals surface area contributed by atoms with Crippen molar-refractivity contribution in [3.05, 3.63) is 69.5 Å². The van der Waals surface area contributed by atoms with E-state index in [0.29, 0.717) is 15.8 Å². The highest BCUT2D eigenvalue weighted by atomic mass is 35.5. The predicted octanol–water partition coefficient (Wildman–Crippen LogP) is 6.22. The molecule has 0 saturated carbocycles. The maximum atomic E-state index is 13.4. The van der Waals surface area contributed by atoms with Crippen LogP contribution < -0.4 is 10.6 Å². The number of benzene rings is 2. The number of anilines is 1. The Hall–Kier alpha value is -2.85. The van der Waals surface area contributed by atoms with E-state index in [1.54, 1.807) is 12.1 Å². The average Bonchev–Trinajstić information content (AvgIpc) is 3.53. The minimum Gasteiger partial charge on any atom is -0.345 e. The van der Waals surface area contributed by atoms with Crippen molar-refractivity contribution in [2.24, 2.45) is 0 Å². The molecule has 17 heteroatoms. The lowest BCUT2D eigenvalue weighted by Gasteiger charge is -2.14. The third-order valence-electron chi connectivity index (χ3n) is 5.00. The van der Waals surface area contributed by atoms with Crippen molar-refractivity contribution < 1.29 is 22.8 Å². The molecule has 0 fully saturated rings. The van der Waals surface area contributed by atoms with Gasteiger partial charge in [-0.25, -0.2) is 0 Å². The molecule has 2 amide bonds. The Morgan fingerprint density at radius 2 is 1.80 bits per heavy atom. The van der Waals surface area contributed by atoms with Gasteiger partial charge in [-0.3, -0.25) is 19.5 Å². The van der Waals surface area contributed by atoms with Crippen LogP contribution in [0.15, 0.2) is 52.0 Å². The topological polar surface area (TPSA) is 115 Å². The second kappa shape index (κ2) is 13.2. The van der Waals surface area contributed by atoms with Crippen molar-refractivity contribution in [3.63, 3.8) is 0 Å². The van der Waals surface area contributed by atoms with Crippen molar-refractivity contribution in [3.8, 4) is 5.69 Å². The SMILES string of the molecule is CCSc1nnc(NC(=O)CSc2nnc(CNC(=O)c3ccccc3C(F)(F)F)n2-c2ccc(Cl)c(Cl)c2)s1. The second-order valence-electron chi connectivity index (χ2n) is 7.70. The summed E-state index contributed by atoms with van der Waals surface area (Å²) in [5.74, 6) is -0.370. The molecule has 2 N–H and O–H groups in total. The van der Waals surface area contributed by atoms with Crippen LogP contribution in [0.5, 0.6) is 0 Å². The van der Waals surface area contributed by atoms with Gasteiger partial charge in [-0.2, -0.15) is 13.2 Å². The molecule has 0 bridgehead atoms. The van der Waals surface area contributed by atoms with Gasteiger partial charge < -0.3 is 5.32 Å². The van der Waals surface area contributed by atoms with Crippen molar-refractivity contribution in [2.45, 2.75) is 29.1 Å². The van der Waals surface area contributed by atoms with E-state index >= 15 is 0 Å². The molecule has 0 aliphatic rings. The Morgan fingerprint density at radius 3 is 2.52 bits per heavy atom. The zero-order chi connectivity index (χ0) is 28.9. The van der Waals surface area contributed by atoms with Crippen molar-refractivity contribution in [1.29, 1.82) is 0 Å². The molecule has 2 aromatic carbocycles. The van der Waals surface area contributed by atoms with E-state index in [2.05, 4.69) is 31.0 Å². The molecule has 0 radical (unpaired) electrons. The fourth-order valence-electron chi connectivity index (χ4n) is 3.30. The van der Waals surface area contributed by atoms with Crippen LogP contribution >= 0.6 is 58.1 Å². The summed E-state index contributed by atoms with van der Waals surface area (Å²) in [6.45, 7) is 1.71. The van der Waals surface area contributed by atoms with Gasteiger partial charge in [0.05, 0.1) is 39.2 Å². The van der Waals surface area contributed by atoms with Gasteiger partial charge in [0.2, 0.25) is 11.0 Å². The number of aromatic nitrogens is 5. The van der Waals surface area contributed by atoms with Gasteiger partial charge in [0.25, 0.3) is 5.91 Å². The van der Waals surface area contributed by atoms with Crippen molar-refractivity contribution in [1.82, 2.24) is 30.3 Å². The Bertz CT molecular complexity index is 1530. The van der Waals surface area contributed by atoms with E-state index in [1.807, 2.05) is 6.92 Å². The third-order valence-corrected chi connectivity index (χ3v) is 8.52. The Morgan fingerprint density at radius 1 is 1.02 bits per heavy atom. The molecule has 0 spiro atoms. The van der Waals surface area contributed by atoms with Gasteiger partial charge in [0, 0.05) is 0 Å². The van der Waals surface area contributed by atoms with Crippen molar-refractivity contribution >= 4 is 75.0 Å². The lowest BCUT2D eigenvalue weighted by atomic mass is 10.1. The van der Waals surface area contributed by atoms with Gasteiger partial charge in [0.15, 0.2) is 15.3 Å². The maximum Gasteiger partial charge on any atom is 0.417 e. The molecule has 0 aliphatic carbocycles. The molecule has 40 heavy (non-hydrogen) atoms. The number of thioether (sulfide) groups is 2. The van der Waals surface area contributed by atoms with Crippen LogP contribution in [0.25, 0.3) is 5.69 Å². The smallest absolute Gasteiger partial charge is 0.345 e. The summed E-state index contributed by atoms with van der Waals surface area (Å²) in [4.78, 5) is 25.2. The highest BCUT2D eigenvalue weighted by Crippen LogP contribution is 2.32. The highest BCUT2D eigenvalue weighted by Gasteiger charge is 2.35. The molecule has 2 aromatic heterocycles. The predicted molar refractivity (Wildman–Crippen MR) is 150 cm³/mol. The molecule has 4 rings (SSSR count). The Labute approximate surface area is 248 Å². The van der Waals surface area contributed by atoms with Gasteiger partial charge in [-0.15, -0.1) is 20.4 Å². The van der Waals surface area contributed by atoms with E-state index in [9.17, 15) is 22.8 Å². The van der Waals surface area contributed by atoms with Crippen LogP contribution in [0.4, 0.5) is 18.3 Å². The quantitative estimate of drug-likeness (QED) is 0.154. The number of halogens is 5. The lowest BCUT2D eigenvalue weighted by molar-refractivity contribution is -0.138. The molecule has 0 atom stereocenters. The number of carbonyl (C=O) groups is 2. The van der Waals surface area contributed by atoms with Gasteiger partial charge in [-0.1, -0.05) is 77.1 Å². The number of amides is 2. The Balaban J connectivity index is 1.53. The zero-order valence-corrected chi connectivity index (χ0v) is 24.3. The van der Waals surface area contributed by atoms with E-state index < -0.39 is 23.2 Å². The Kier molecular flexibility index (Phi) is 9.94. The second-order valence-corrected chi connectivity index (χ2v) is 11.9. The van der Waals surface area contributed by atoms with Crippen molar-refractivity contribution in [2.75, 3.05) is 16.8 Å². The number of nitrogens with zero attached hydrogens (tertiary/aromatic N) is 5. The molecule has 0 aliphatic heterocycles. The first kappa shape index (κ1) is 30.1. The van der Waals surface area contributed by atoms with Crippen LogP contribution in [-0.4, -0.2) is 48.3 Å². The third kappa shape index (κ3) is 7.46. The van der Waals surface area contributed by atoms with Gasteiger partial charge >= 0.3 is 6.18 Å². The highest BCUT2D eigenvalue weighted by molar-refractivity contribution is 8.01. The zero-order valence-electron chi connectivity index (χ0n) is 20.3. The van der Waals surface area contributed by atoms with Crippen LogP contribution in [0.3, 0.4) is 0 Å². The summed E-state index contributed by atoms with van der Waals surface area (Å²) < 4.78 is 42.4. The summed E-state index contributed by atoms with van der Waals surface area (Å²) >= 11 is 16.1. The fourth-order valence-corrected chi connectivity index (χ4v) is 6.03. The average molecular weight is 649 g/mol. The van der Waals surface area contributed by atoms with E-state index in [4.69, 9.17) is 23.2 Å². The molecule has 9 nitrogen and oxygen atoms in total. The first-order valence-electron chi connectivity index (χ1n) is 11.3. The first-order valence-corrected chi connectivity index (χ1v) is 14.8. The first-order chi connectivity index (χ1) is 19.1. The normalized spacial score (nSPS) is 11.4. The van der Waals surface area contributed by atoms with Crippen LogP contribution in [0, 0.1) is 0 Å². The van der Waals surface area contributed by atoms with E-state index in [-0.39, 0.29) is 34.2 Å². The molecular formula is C23H18Cl2F3N7O2S3. The number of hydrogen-bond acceptors (Lipinski definition) is 9. The number of rotatable bonds is 10. The largest absolute Gasteiger partial charge is 0.417 e. The van der Waals surface area contributed by atoms with Gasteiger partial charge in [-0.05, 0) is 36.1 Å². The maximum absolute atomic E-state index is 13.4. The summed E-state index contributed by atoms with van der Waals surface area (Å²) in [6.07, 6.45) is -4.70. The molecule has 0 saturated heterocycles. The standard InChI is InChI=1S/C23H18Cl2F3N7O2S3/c1-2-38-22-34-32-20(40-22)30-18(36)11-39-21-33-31-17(35(21)12-7-8-15(24)16(25)9-12)10-29-19(37)13-5-3-4-6-14(13)23(26,27)28/h3-9H,2,10-11H2,1H3,(H,29,37)(H,30,32,36). The summed E-state index contributed by atoms with van der Waals surface area (Å²) in [5.41, 5.74) is -1.12. The number of hydrogen-bond donors (Lipinski definition) is 2. The molecule has 0 unspecified atom stereocenters.